The van der Waals surface area contributed by atoms with Gasteiger partial charge in [0.1, 0.15) is 12.4 Å². The lowest BCUT2D eigenvalue weighted by Gasteiger charge is -2.29. The van der Waals surface area contributed by atoms with Gasteiger partial charge >= 0.3 is 11.9 Å². The van der Waals surface area contributed by atoms with E-state index in [2.05, 4.69) is 10.6 Å². The Hall–Kier alpha value is -4.69. The van der Waals surface area contributed by atoms with Crippen LogP contribution in [0.15, 0.2) is 16.9 Å². The number of aromatic nitrogens is 2. The second kappa shape index (κ2) is 12.6. The monoisotopic (exact) mass is 637 g/mol. The van der Waals surface area contributed by atoms with Crippen molar-refractivity contribution < 1.29 is 38.1 Å². The zero-order valence-electron chi connectivity index (χ0n) is 26.0. The van der Waals surface area contributed by atoms with E-state index in [1.54, 1.807) is 13.8 Å². The summed E-state index contributed by atoms with van der Waals surface area (Å²) in [4.78, 5) is 68.1. The first-order chi connectivity index (χ1) is 21.8. The lowest BCUT2D eigenvalue weighted by Crippen LogP contribution is -2.47. The third-order valence-corrected chi connectivity index (χ3v) is 8.66. The predicted molar refractivity (Wildman–Crippen MR) is 163 cm³/mol. The van der Waals surface area contributed by atoms with Gasteiger partial charge in [0.25, 0.3) is 17.4 Å². The minimum absolute atomic E-state index is 0.00519. The molecule has 0 bridgehead atoms. The lowest BCUT2D eigenvalue weighted by atomic mass is 9.81. The van der Waals surface area contributed by atoms with E-state index < -0.39 is 60.0 Å². The van der Waals surface area contributed by atoms with Crippen molar-refractivity contribution in [3.05, 3.63) is 61.7 Å². The van der Waals surface area contributed by atoms with Crippen LogP contribution in [0.3, 0.4) is 0 Å². The minimum atomic E-state index is -2.20. The summed E-state index contributed by atoms with van der Waals surface area (Å²) in [6.07, 6.45) is 0.712. The van der Waals surface area contributed by atoms with Gasteiger partial charge in [0.05, 0.1) is 35.1 Å². The van der Waals surface area contributed by atoms with Crippen molar-refractivity contribution in [3.63, 3.8) is 0 Å². The van der Waals surface area contributed by atoms with Crippen molar-refractivity contribution in [1.82, 2.24) is 20.2 Å². The number of esters is 2. The number of carbonyl (C=O) groups is 4. The highest BCUT2D eigenvalue weighted by atomic mass is 19.1. The van der Waals surface area contributed by atoms with E-state index in [1.165, 1.54) is 30.5 Å². The number of nitrogens with zero attached hydrogens (tertiary/aromatic N) is 2. The number of halogens is 1. The number of aryl methyl sites for hydroxylation is 1. The molecule has 13 nitrogen and oxygen atoms in total. The smallest absolute Gasteiger partial charge is 0.303 e. The number of amides is 2. The maximum atomic E-state index is 15.2. The zero-order chi connectivity index (χ0) is 33.5. The number of carbonyl (C=O) groups excluding carboxylic acids is 4. The Balaban J connectivity index is 1.75. The van der Waals surface area contributed by atoms with Gasteiger partial charge in [-0.15, -0.1) is 0 Å². The largest absolute Gasteiger partial charge is 0.461 e. The third kappa shape index (κ3) is 5.62. The molecule has 0 radical (unpaired) electrons. The summed E-state index contributed by atoms with van der Waals surface area (Å²) in [6.45, 7) is 4.82. The highest BCUT2D eigenvalue weighted by Crippen LogP contribution is 2.45. The lowest BCUT2D eigenvalue weighted by molar-refractivity contribution is -0.146. The Morgan fingerprint density at radius 1 is 1.17 bits per heavy atom. The van der Waals surface area contributed by atoms with Crippen LogP contribution in [0.2, 0.25) is 0 Å². The Kier molecular flexibility index (Phi) is 8.96. The van der Waals surface area contributed by atoms with Crippen LogP contribution >= 0.6 is 0 Å². The highest BCUT2D eigenvalue weighted by molar-refractivity contribution is 5.94. The summed E-state index contributed by atoms with van der Waals surface area (Å²) < 4.78 is 26.6. The van der Waals surface area contributed by atoms with Crippen LogP contribution in [0, 0.1) is 12.7 Å². The molecular formula is C32H36FN5O8. The van der Waals surface area contributed by atoms with Gasteiger partial charge in [-0.25, -0.2) is 9.37 Å². The van der Waals surface area contributed by atoms with Gasteiger partial charge in [0.15, 0.2) is 12.2 Å². The molecule has 2 atom stereocenters. The average molecular weight is 638 g/mol. The first-order valence-corrected chi connectivity index (χ1v) is 15.0. The number of rotatable bonds is 10. The Labute approximate surface area is 263 Å². The molecule has 244 valence electrons. The molecule has 1 aliphatic heterocycles. The van der Waals surface area contributed by atoms with Gasteiger partial charge in [0, 0.05) is 49.5 Å². The maximum Gasteiger partial charge on any atom is 0.303 e. The quantitative estimate of drug-likeness (QED) is 0.184. The van der Waals surface area contributed by atoms with Crippen molar-refractivity contribution >= 4 is 34.7 Å². The summed E-state index contributed by atoms with van der Waals surface area (Å²) in [7, 11) is 0. The van der Waals surface area contributed by atoms with E-state index in [0.29, 0.717) is 46.1 Å². The number of ether oxygens (including phenoxy) is 2. The molecule has 1 aromatic carbocycles. The molecule has 14 heteroatoms. The normalized spacial score (nSPS) is 15.8. The molecule has 1 aliphatic carbocycles. The maximum absolute atomic E-state index is 15.2. The summed E-state index contributed by atoms with van der Waals surface area (Å²) in [5.41, 5.74) is 5.91. The molecule has 2 aromatic heterocycles. The molecule has 0 saturated carbocycles. The number of hydrogen-bond donors (Lipinski definition) is 4. The first-order valence-electron chi connectivity index (χ1n) is 15.0. The number of nitrogens with one attached hydrogen (secondary N) is 2. The number of fused-ring (bicyclic) bond motifs is 4. The molecule has 0 fully saturated rings. The summed E-state index contributed by atoms with van der Waals surface area (Å²) in [5.74, 6) is -3.05. The van der Waals surface area contributed by atoms with Crippen molar-refractivity contribution in [2.24, 2.45) is 5.73 Å². The number of pyridine rings is 2. The molecule has 2 aliphatic rings. The number of aliphatic hydroxyl groups is 1. The molecule has 3 aromatic rings. The number of nitrogens with two attached hydrogens (primary N) is 1. The van der Waals surface area contributed by atoms with Crippen molar-refractivity contribution in [3.8, 4) is 11.4 Å². The van der Waals surface area contributed by atoms with Crippen LogP contribution in [0.5, 0.6) is 0 Å². The molecular weight excluding hydrogens is 601 g/mol. The van der Waals surface area contributed by atoms with E-state index >= 15 is 4.39 Å². The Morgan fingerprint density at radius 3 is 2.54 bits per heavy atom. The van der Waals surface area contributed by atoms with Gasteiger partial charge in [-0.1, -0.05) is 6.92 Å². The van der Waals surface area contributed by atoms with Crippen molar-refractivity contribution in [2.75, 3.05) is 19.7 Å². The van der Waals surface area contributed by atoms with Gasteiger partial charge in [-0.2, -0.15) is 0 Å². The highest BCUT2D eigenvalue weighted by Gasteiger charge is 2.42. The van der Waals surface area contributed by atoms with Crippen LogP contribution < -0.4 is 21.9 Å². The Bertz CT molecular complexity index is 1850. The van der Waals surface area contributed by atoms with Crippen LogP contribution in [-0.2, 0) is 53.8 Å². The van der Waals surface area contributed by atoms with Crippen molar-refractivity contribution in [1.29, 1.82) is 0 Å². The van der Waals surface area contributed by atoms with Gasteiger partial charge in [0.2, 0.25) is 0 Å². The average Bonchev–Trinajstić information content (AvgIpc) is 3.39. The fourth-order valence-electron chi connectivity index (χ4n) is 6.38. The molecule has 2 amide bonds. The molecule has 0 unspecified atom stereocenters. The first kappa shape index (κ1) is 32.7. The van der Waals surface area contributed by atoms with Gasteiger partial charge in [-0.3, -0.25) is 24.0 Å². The fraction of sp³-hybridized carbons (Fsp3) is 0.438. The summed E-state index contributed by atoms with van der Waals surface area (Å²) in [6, 6.07) is 2.20. The predicted octanol–water partition coefficient (Wildman–Crippen LogP) is 1.27. The summed E-state index contributed by atoms with van der Waals surface area (Å²) in [5, 5.41) is 17.9. The number of benzene rings is 1. The van der Waals surface area contributed by atoms with E-state index in [4.69, 9.17) is 20.2 Å². The van der Waals surface area contributed by atoms with Gasteiger partial charge < -0.3 is 35.5 Å². The van der Waals surface area contributed by atoms with Crippen LogP contribution in [-0.4, -0.2) is 58.1 Å². The molecule has 0 spiro atoms. The molecule has 5 N–H and O–H groups in total. The van der Waals surface area contributed by atoms with E-state index in [-0.39, 0.29) is 42.9 Å². The minimum Gasteiger partial charge on any atom is -0.461 e. The topological polar surface area (TPSA) is 192 Å². The number of hydrogen-bond acceptors (Lipinski definition) is 10. The SMILES string of the molecule is CC[C@@](O)(C(=O)NCCN)c1cc2n(c(=O)c1COC(C)=O)Cc1c-2nc2cc(F)c(C)c3c2c1[C@@H](NC(=O)COC(C)=O)CC3. The second-order valence-electron chi connectivity index (χ2n) is 11.5. The summed E-state index contributed by atoms with van der Waals surface area (Å²) >= 11 is 0. The second-order valence-corrected chi connectivity index (χ2v) is 11.5. The van der Waals surface area contributed by atoms with Crippen LogP contribution in [0.4, 0.5) is 4.39 Å². The molecule has 3 heterocycles. The molecule has 46 heavy (non-hydrogen) atoms. The third-order valence-electron chi connectivity index (χ3n) is 8.66. The Morgan fingerprint density at radius 2 is 1.89 bits per heavy atom. The van der Waals surface area contributed by atoms with Gasteiger partial charge in [-0.05, 0) is 48.9 Å². The zero-order valence-corrected chi connectivity index (χ0v) is 26.0. The van der Waals surface area contributed by atoms with E-state index in [9.17, 15) is 29.1 Å². The molecule has 0 saturated heterocycles. The van der Waals surface area contributed by atoms with Crippen molar-refractivity contribution in [2.45, 2.75) is 71.8 Å². The molecule has 5 rings (SSSR count). The van der Waals surface area contributed by atoms with E-state index in [0.717, 1.165) is 5.56 Å². The fourth-order valence-corrected chi connectivity index (χ4v) is 6.38. The standard InChI is InChI=1S/C32H36FN5O8/c1-5-32(44,31(43)35-9-8-34)21-10-25-29-19(12-38(25)30(42)20(21)13-45-16(3)39)28-23(36-26(41)14-46-17(4)40)7-6-18-15(2)22(33)11-24(37-29)27(18)28/h10-11,23,44H,5-9,12-14,34H2,1-4H3,(H,35,43)(H,36,41)/t23-,32-/m0/s1. The van der Waals surface area contributed by atoms with E-state index in [1.807, 2.05) is 0 Å². The van der Waals surface area contributed by atoms with Crippen LogP contribution in [0.1, 0.15) is 73.0 Å². The van der Waals surface area contributed by atoms with Crippen LogP contribution in [0.25, 0.3) is 22.3 Å².